The van der Waals surface area contributed by atoms with Gasteiger partial charge in [0.15, 0.2) is 0 Å². The van der Waals surface area contributed by atoms with E-state index in [4.69, 9.17) is 0 Å². The summed E-state index contributed by atoms with van der Waals surface area (Å²) in [5, 5.41) is 2.96. The Labute approximate surface area is 94.8 Å². The minimum absolute atomic E-state index is 0.0919. The molecule has 0 unspecified atom stereocenters. The molecule has 0 bridgehead atoms. The Hall–Kier alpha value is -0.530. The summed E-state index contributed by atoms with van der Waals surface area (Å²) in [6.45, 7) is 9.17. The molecule has 15 heavy (non-hydrogen) atoms. The van der Waals surface area contributed by atoms with Crippen molar-refractivity contribution in [1.29, 1.82) is 0 Å². The van der Waals surface area contributed by atoms with Crippen LogP contribution in [0.15, 0.2) is 0 Å². The highest BCUT2D eigenvalue weighted by Crippen LogP contribution is 2.29. The van der Waals surface area contributed by atoms with Crippen LogP contribution in [0.1, 0.15) is 66.2 Å². The van der Waals surface area contributed by atoms with Crippen molar-refractivity contribution in [3.8, 4) is 0 Å². The second kappa shape index (κ2) is 7.72. The second-order valence-corrected chi connectivity index (χ2v) is 4.93. The molecular weight excluding hydrogens is 186 g/mol. The Morgan fingerprint density at radius 2 is 1.60 bits per heavy atom. The summed E-state index contributed by atoms with van der Waals surface area (Å²) >= 11 is 0. The summed E-state index contributed by atoms with van der Waals surface area (Å²) in [4.78, 5) is 10.9. The lowest BCUT2D eigenvalue weighted by molar-refractivity contribution is -0.119. The molecular formula is C13H27NO. The lowest BCUT2D eigenvalue weighted by Gasteiger charge is -2.29. The van der Waals surface area contributed by atoms with Crippen LogP contribution in [0.2, 0.25) is 0 Å². The van der Waals surface area contributed by atoms with Gasteiger partial charge in [0.25, 0.3) is 0 Å². The SMILES string of the molecule is CCCCC(C)(CCCC)CNC(C)=O. The van der Waals surface area contributed by atoms with Crippen LogP contribution in [0.5, 0.6) is 0 Å². The van der Waals surface area contributed by atoms with Crippen LogP contribution < -0.4 is 5.32 Å². The second-order valence-electron chi connectivity index (χ2n) is 4.93. The quantitative estimate of drug-likeness (QED) is 0.657. The predicted octanol–water partition coefficient (Wildman–Crippen LogP) is 3.51. The zero-order valence-electron chi connectivity index (χ0n) is 10.9. The van der Waals surface area contributed by atoms with E-state index in [1.807, 2.05) is 0 Å². The molecule has 0 saturated heterocycles. The van der Waals surface area contributed by atoms with Crippen LogP contribution in [0.4, 0.5) is 0 Å². The molecule has 0 aliphatic carbocycles. The van der Waals surface area contributed by atoms with Crippen molar-refractivity contribution in [3.05, 3.63) is 0 Å². The Morgan fingerprint density at radius 3 is 1.93 bits per heavy atom. The molecule has 0 heterocycles. The summed E-state index contributed by atoms with van der Waals surface area (Å²) < 4.78 is 0. The van der Waals surface area contributed by atoms with Crippen LogP contribution in [-0.4, -0.2) is 12.5 Å². The van der Waals surface area contributed by atoms with Gasteiger partial charge in [-0.25, -0.2) is 0 Å². The van der Waals surface area contributed by atoms with E-state index in [1.54, 1.807) is 6.92 Å². The van der Waals surface area contributed by atoms with Gasteiger partial charge in [0.1, 0.15) is 0 Å². The van der Waals surface area contributed by atoms with Gasteiger partial charge in [-0.3, -0.25) is 4.79 Å². The number of hydrogen-bond donors (Lipinski definition) is 1. The molecule has 90 valence electrons. The highest BCUT2D eigenvalue weighted by molar-refractivity contribution is 5.72. The topological polar surface area (TPSA) is 29.1 Å². The van der Waals surface area contributed by atoms with Crippen molar-refractivity contribution in [2.45, 2.75) is 66.2 Å². The highest BCUT2D eigenvalue weighted by atomic mass is 16.1. The highest BCUT2D eigenvalue weighted by Gasteiger charge is 2.22. The van der Waals surface area contributed by atoms with Gasteiger partial charge in [-0.15, -0.1) is 0 Å². The maximum Gasteiger partial charge on any atom is 0.216 e. The zero-order valence-corrected chi connectivity index (χ0v) is 10.9. The molecule has 0 saturated carbocycles. The summed E-state index contributed by atoms with van der Waals surface area (Å²) in [5.41, 5.74) is 0.303. The average molecular weight is 213 g/mol. The van der Waals surface area contributed by atoms with Crippen molar-refractivity contribution in [1.82, 2.24) is 5.32 Å². The lowest BCUT2D eigenvalue weighted by Crippen LogP contribution is -2.34. The number of carbonyl (C=O) groups excluding carboxylic acids is 1. The van der Waals surface area contributed by atoms with E-state index >= 15 is 0 Å². The van der Waals surface area contributed by atoms with E-state index in [1.165, 1.54) is 38.5 Å². The number of unbranched alkanes of at least 4 members (excludes halogenated alkanes) is 2. The van der Waals surface area contributed by atoms with Crippen molar-refractivity contribution < 1.29 is 4.79 Å². The molecule has 2 heteroatoms. The van der Waals surface area contributed by atoms with Gasteiger partial charge in [-0.2, -0.15) is 0 Å². The van der Waals surface area contributed by atoms with Gasteiger partial charge in [0, 0.05) is 13.5 Å². The Bertz CT molecular complexity index is 169. The first-order chi connectivity index (χ1) is 7.04. The van der Waals surface area contributed by atoms with Crippen molar-refractivity contribution >= 4 is 5.91 Å². The molecule has 0 aromatic rings. The molecule has 2 nitrogen and oxygen atoms in total. The molecule has 1 N–H and O–H groups in total. The molecule has 1 amide bonds. The largest absolute Gasteiger partial charge is 0.356 e. The van der Waals surface area contributed by atoms with Gasteiger partial charge < -0.3 is 5.32 Å². The van der Waals surface area contributed by atoms with Gasteiger partial charge in [0.2, 0.25) is 5.91 Å². The monoisotopic (exact) mass is 213 g/mol. The molecule has 0 radical (unpaired) electrons. The molecule has 0 aromatic heterocycles. The smallest absolute Gasteiger partial charge is 0.216 e. The first-order valence-corrected chi connectivity index (χ1v) is 6.28. The summed E-state index contributed by atoms with van der Waals surface area (Å²) in [7, 11) is 0. The van der Waals surface area contributed by atoms with Crippen molar-refractivity contribution in [2.75, 3.05) is 6.54 Å². The Morgan fingerprint density at radius 1 is 1.13 bits per heavy atom. The third-order valence-corrected chi connectivity index (χ3v) is 3.03. The van der Waals surface area contributed by atoms with Crippen molar-refractivity contribution in [3.63, 3.8) is 0 Å². The fourth-order valence-electron chi connectivity index (χ4n) is 1.85. The Balaban J connectivity index is 4.06. The number of nitrogens with one attached hydrogen (secondary N) is 1. The standard InChI is InChI=1S/C13H27NO/c1-5-7-9-13(4,10-8-6-2)11-14-12(3)15/h5-11H2,1-4H3,(H,14,15). The maximum atomic E-state index is 10.9. The molecule has 0 aromatic carbocycles. The minimum atomic E-state index is 0.0919. The predicted molar refractivity (Wildman–Crippen MR) is 65.8 cm³/mol. The first-order valence-electron chi connectivity index (χ1n) is 6.28. The van der Waals surface area contributed by atoms with Gasteiger partial charge in [-0.1, -0.05) is 46.5 Å². The van der Waals surface area contributed by atoms with Crippen LogP contribution >= 0.6 is 0 Å². The number of rotatable bonds is 8. The molecule has 0 rings (SSSR count). The van der Waals surface area contributed by atoms with Crippen LogP contribution in [-0.2, 0) is 4.79 Å². The molecule has 0 aliphatic heterocycles. The van der Waals surface area contributed by atoms with Crippen molar-refractivity contribution in [2.24, 2.45) is 5.41 Å². The van der Waals surface area contributed by atoms with Gasteiger partial charge in [0.05, 0.1) is 0 Å². The fraction of sp³-hybridized carbons (Fsp3) is 0.923. The average Bonchev–Trinajstić information content (AvgIpc) is 2.21. The molecule has 0 aliphatic rings. The molecule has 0 spiro atoms. The summed E-state index contributed by atoms with van der Waals surface area (Å²) in [6, 6.07) is 0. The number of carbonyl (C=O) groups is 1. The summed E-state index contributed by atoms with van der Waals surface area (Å²) in [5.74, 6) is 0.0919. The van der Waals surface area contributed by atoms with Gasteiger partial charge >= 0.3 is 0 Å². The van der Waals surface area contributed by atoms with E-state index in [0.717, 1.165) is 6.54 Å². The lowest BCUT2D eigenvalue weighted by atomic mass is 9.80. The van der Waals surface area contributed by atoms with Crippen LogP contribution in [0.3, 0.4) is 0 Å². The van der Waals surface area contributed by atoms with Crippen LogP contribution in [0, 0.1) is 5.41 Å². The first kappa shape index (κ1) is 14.5. The maximum absolute atomic E-state index is 10.9. The normalized spacial score (nSPS) is 11.5. The number of amides is 1. The van der Waals surface area contributed by atoms with E-state index in [-0.39, 0.29) is 5.91 Å². The molecule has 0 atom stereocenters. The van der Waals surface area contributed by atoms with E-state index in [2.05, 4.69) is 26.1 Å². The fourth-order valence-corrected chi connectivity index (χ4v) is 1.85. The third-order valence-electron chi connectivity index (χ3n) is 3.03. The van der Waals surface area contributed by atoms with E-state index in [9.17, 15) is 4.79 Å². The minimum Gasteiger partial charge on any atom is -0.356 e. The van der Waals surface area contributed by atoms with Gasteiger partial charge in [-0.05, 0) is 18.3 Å². The zero-order chi connectivity index (χ0) is 11.7. The Kier molecular flexibility index (Phi) is 7.45. The number of hydrogen-bond acceptors (Lipinski definition) is 1. The van der Waals surface area contributed by atoms with Crippen LogP contribution in [0.25, 0.3) is 0 Å². The molecule has 0 fully saturated rings. The summed E-state index contributed by atoms with van der Waals surface area (Å²) in [6.07, 6.45) is 7.46. The van der Waals surface area contributed by atoms with E-state index in [0.29, 0.717) is 5.41 Å². The third kappa shape index (κ3) is 7.40. The van der Waals surface area contributed by atoms with E-state index < -0.39 is 0 Å².